The van der Waals surface area contributed by atoms with Gasteiger partial charge in [-0.05, 0) is 31.5 Å². The highest BCUT2D eigenvalue weighted by Crippen LogP contribution is 2.30. The Kier molecular flexibility index (Phi) is 4.70. The lowest BCUT2D eigenvalue weighted by Gasteiger charge is -2.09. The molecule has 0 aliphatic rings. The highest BCUT2D eigenvalue weighted by Gasteiger charge is 2.30. The summed E-state index contributed by atoms with van der Waals surface area (Å²) in [7, 11) is -1.43. The van der Waals surface area contributed by atoms with Gasteiger partial charge >= 0.3 is 6.18 Å². The fraction of sp³-hybridized carbons (Fsp3) is 0.455. The first-order valence-electron chi connectivity index (χ1n) is 5.12. The summed E-state index contributed by atoms with van der Waals surface area (Å²) in [5.41, 5.74) is 4.73. The molecule has 0 spiro atoms. The zero-order chi connectivity index (χ0) is 13.1. The Morgan fingerprint density at radius 3 is 2.59 bits per heavy atom. The van der Waals surface area contributed by atoms with Gasteiger partial charge in [0, 0.05) is 16.7 Å². The molecule has 0 aliphatic heterocycles. The van der Waals surface area contributed by atoms with Gasteiger partial charge in [-0.1, -0.05) is 6.07 Å². The van der Waals surface area contributed by atoms with Crippen molar-refractivity contribution < 1.29 is 17.4 Å². The SMILES string of the molecule is CC(N)CCS(=O)c1cccc(C(F)(F)F)c1. The van der Waals surface area contributed by atoms with Crippen LogP contribution in [0.5, 0.6) is 0 Å². The van der Waals surface area contributed by atoms with E-state index in [0.29, 0.717) is 6.42 Å². The Morgan fingerprint density at radius 1 is 1.41 bits per heavy atom. The maximum absolute atomic E-state index is 12.4. The summed E-state index contributed by atoms with van der Waals surface area (Å²) >= 11 is 0. The smallest absolute Gasteiger partial charge is 0.328 e. The second kappa shape index (κ2) is 5.64. The molecule has 17 heavy (non-hydrogen) atoms. The molecule has 1 rings (SSSR count). The van der Waals surface area contributed by atoms with Crippen molar-refractivity contribution in [1.29, 1.82) is 0 Å². The van der Waals surface area contributed by atoms with Crippen LogP contribution in [0.4, 0.5) is 13.2 Å². The number of benzene rings is 1. The van der Waals surface area contributed by atoms with Crippen LogP contribution in [-0.2, 0) is 17.0 Å². The van der Waals surface area contributed by atoms with Crippen LogP contribution >= 0.6 is 0 Å². The fourth-order valence-electron chi connectivity index (χ4n) is 1.22. The summed E-state index contributed by atoms with van der Waals surface area (Å²) in [6.07, 6.45) is -3.88. The zero-order valence-corrected chi connectivity index (χ0v) is 10.1. The van der Waals surface area contributed by atoms with Crippen molar-refractivity contribution in [2.24, 2.45) is 5.73 Å². The molecule has 2 N–H and O–H groups in total. The van der Waals surface area contributed by atoms with Gasteiger partial charge in [-0.25, -0.2) is 0 Å². The molecule has 0 radical (unpaired) electrons. The number of rotatable bonds is 4. The zero-order valence-electron chi connectivity index (χ0n) is 9.33. The molecule has 0 fully saturated rings. The summed E-state index contributed by atoms with van der Waals surface area (Å²) < 4.78 is 49.0. The average Bonchev–Trinajstić information content (AvgIpc) is 2.25. The predicted molar refractivity (Wildman–Crippen MR) is 61.0 cm³/mol. The third-order valence-electron chi connectivity index (χ3n) is 2.18. The lowest BCUT2D eigenvalue weighted by Crippen LogP contribution is -2.18. The third kappa shape index (κ3) is 4.47. The molecule has 2 nitrogen and oxygen atoms in total. The van der Waals surface area contributed by atoms with Gasteiger partial charge in [0.25, 0.3) is 0 Å². The second-order valence-electron chi connectivity index (χ2n) is 3.84. The van der Waals surface area contributed by atoms with Crippen molar-refractivity contribution in [3.05, 3.63) is 29.8 Å². The van der Waals surface area contributed by atoms with Gasteiger partial charge in [0.05, 0.1) is 16.4 Å². The summed E-state index contributed by atoms with van der Waals surface area (Å²) in [5.74, 6) is 0.277. The Hall–Kier alpha value is -0.880. The molecule has 0 saturated heterocycles. The summed E-state index contributed by atoms with van der Waals surface area (Å²) in [6, 6.07) is 4.49. The van der Waals surface area contributed by atoms with E-state index in [1.165, 1.54) is 12.1 Å². The first-order chi connectivity index (χ1) is 7.80. The Labute approximate surface area is 100 Å². The number of alkyl halides is 3. The molecular formula is C11H14F3NOS. The van der Waals surface area contributed by atoms with Gasteiger partial charge < -0.3 is 5.73 Å². The monoisotopic (exact) mass is 265 g/mol. The van der Waals surface area contributed by atoms with Gasteiger partial charge in [-0.15, -0.1) is 0 Å². The van der Waals surface area contributed by atoms with E-state index in [4.69, 9.17) is 5.73 Å². The molecular weight excluding hydrogens is 251 g/mol. The van der Waals surface area contributed by atoms with Crippen LogP contribution in [0.1, 0.15) is 18.9 Å². The number of nitrogens with two attached hydrogens (primary N) is 1. The van der Waals surface area contributed by atoms with Crippen molar-refractivity contribution in [2.45, 2.75) is 30.5 Å². The minimum atomic E-state index is -4.40. The van der Waals surface area contributed by atoms with Crippen molar-refractivity contribution in [3.8, 4) is 0 Å². The molecule has 6 heteroatoms. The first-order valence-corrected chi connectivity index (χ1v) is 6.44. The minimum Gasteiger partial charge on any atom is -0.328 e. The molecule has 0 bridgehead atoms. The molecule has 2 atom stereocenters. The molecule has 0 amide bonds. The second-order valence-corrected chi connectivity index (χ2v) is 5.41. The summed E-state index contributed by atoms with van der Waals surface area (Å²) in [4.78, 5) is 0.195. The number of hydrogen-bond acceptors (Lipinski definition) is 2. The lowest BCUT2D eigenvalue weighted by atomic mass is 10.2. The minimum absolute atomic E-state index is 0.107. The average molecular weight is 265 g/mol. The Morgan fingerprint density at radius 2 is 2.06 bits per heavy atom. The quantitative estimate of drug-likeness (QED) is 0.909. The van der Waals surface area contributed by atoms with Gasteiger partial charge in [-0.2, -0.15) is 13.2 Å². The van der Waals surface area contributed by atoms with Crippen LogP contribution in [0.15, 0.2) is 29.2 Å². The molecule has 0 aliphatic carbocycles. The van der Waals surface area contributed by atoms with Crippen LogP contribution in [0.3, 0.4) is 0 Å². The van der Waals surface area contributed by atoms with Crippen molar-refractivity contribution >= 4 is 10.8 Å². The highest BCUT2D eigenvalue weighted by atomic mass is 32.2. The standard InChI is InChI=1S/C11H14F3NOS/c1-8(15)5-6-17(16)10-4-2-3-9(7-10)11(12,13)14/h2-4,7-8H,5-6,15H2,1H3. The van der Waals surface area contributed by atoms with Crippen molar-refractivity contribution in [3.63, 3.8) is 0 Å². The van der Waals surface area contributed by atoms with Crippen LogP contribution in [-0.4, -0.2) is 16.0 Å². The molecule has 0 heterocycles. The molecule has 1 aromatic rings. The Bertz CT molecular complexity index is 404. The van der Waals surface area contributed by atoms with Gasteiger partial charge in [0.1, 0.15) is 0 Å². The van der Waals surface area contributed by atoms with E-state index in [1.54, 1.807) is 6.92 Å². The van der Waals surface area contributed by atoms with Crippen molar-refractivity contribution in [2.75, 3.05) is 5.75 Å². The van der Waals surface area contributed by atoms with Crippen molar-refractivity contribution in [1.82, 2.24) is 0 Å². The fourth-order valence-corrected chi connectivity index (χ4v) is 2.54. The molecule has 1 aromatic carbocycles. The van der Waals surface area contributed by atoms with E-state index in [-0.39, 0.29) is 16.7 Å². The third-order valence-corrected chi connectivity index (χ3v) is 3.57. The molecule has 96 valence electrons. The molecule has 2 unspecified atom stereocenters. The molecule has 0 saturated carbocycles. The van der Waals surface area contributed by atoms with E-state index in [0.717, 1.165) is 12.1 Å². The summed E-state index contributed by atoms with van der Waals surface area (Å²) in [5, 5.41) is 0. The topological polar surface area (TPSA) is 43.1 Å². The maximum atomic E-state index is 12.4. The van der Waals surface area contributed by atoms with E-state index in [1.807, 2.05) is 0 Å². The van der Waals surface area contributed by atoms with E-state index < -0.39 is 22.5 Å². The Balaban J connectivity index is 2.81. The largest absolute Gasteiger partial charge is 0.416 e. The van der Waals surface area contributed by atoms with E-state index in [9.17, 15) is 17.4 Å². The van der Waals surface area contributed by atoms with Gasteiger partial charge in [0.15, 0.2) is 0 Å². The van der Waals surface area contributed by atoms with Crippen LogP contribution in [0, 0.1) is 0 Å². The van der Waals surface area contributed by atoms with Crippen LogP contribution < -0.4 is 5.73 Å². The highest BCUT2D eigenvalue weighted by molar-refractivity contribution is 7.85. The summed E-state index contributed by atoms with van der Waals surface area (Å²) in [6.45, 7) is 1.77. The van der Waals surface area contributed by atoms with Gasteiger partial charge in [0.2, 0.25) is 0 Å². The number of hydrogen-bond donors (Lipinski definition) is 1. The van der Waals surface area contributed by atoms with Crippen LogP contribution in [0.2, 0.25) is 0 Å². The van der Waals surface area contributed by atoms with Gasteiger partial charge in [-0.3, -0.25) is 4.21 Å². The maximum Gasteiger partial charge on any atom is 0.416 e. The molecule has 0 aromatic heterocycles. The number of halogens is 3. The van der Waals surface area contributed by atoms with E-state index in [2.05, 4.69) is 0 Å². The first kappa shape index (κ1) is 14.2. The normalized spacial score (nSPS) is 15.6. The predicted octanol–water partition coefficient (Wildman–Crippen LogP) is 2.55. The van der Waals surface area contributed by atoms with Crippen LogP contribution in [0.25, 0.3) is 0 Å². The van der Waals surface area contributed by atoms with E-state index >= 15 is 0 Å². The lowest BCUT2D eigenvalue weighted by molar-refractivity contribution is -0.137.